The lowest BCUT2D eigenvalue weighted by atomic mass is 9.95. The van der Waals surface area contributed by atoms with Gasteiger partial charge in [0.25, 0.3) is 0 Å². The van der Waals surface area contributed by atoms with E-state index in [0.29, 0.717) is 23.1 Å². The molecular formula is C14H19F2N. The first-order chi connectivity index (χ1) is 8.15. The number of nitrogens with one attached hydrogen (secondary N) is 1. The van der Waals surface area contributed by atoms with Gasteiger partial charge in [0, 0.05) is 11.6 Å². The average Bonchev–Trinajstić information content (AvgIpc) is 2.50. The summed E-state index contributed by atoms with van der Waals surface area (Å²) in [5, 5.41) is 3.27. The third-order valence-electron chi connectivity index (χ3n) is 3.51. The Morgan fingerprint density at radius 1 is 1.35 bits per heavy atom. The number of hydrogen-bond donors (Lipinski definition) is 1. The van der Waals surface area contributed by atoms with Crippen molar-refractivity contribution in [2.75, 3.05) is 6.54 Å². The molecule has 0 bridgehead atoms. The molecule has 0 fully saturated rings. The Bertz CT molecular complexity index is 415. The maximum atomic E-state index is 14.2. The molecule has 1 unspecified atom stereocenters. The quantitative estimate of drug-likeness (QED) is 0.777. The number of fused-ring (bicyclic) bond motifs is 1. The van der Waals surface area contributed by atoms with E-state index in [2.05, 4.69) is 5.32 Å². The summed E-state index contributed by atoms with van der Waals surface area (Å²) in [6, 6.07) is 1.29. The summed E-state index contributed by atoms with van der Waals surface area (Å²) in [7, 11) is 0. The Morgan fingerprint density at radius 3 is 2.82 bits per heavy atom. The van der Waals surface area contributed by atoms with Crippen LogP contribution in [0.2, 0.25) is 0 Å². The normalized spacial score (nSPS) is 19.9. The fraction of sp³-hybridized carbons (Fsp3) is 0.571. The van der Waals surface area contributed by atoms with Gasteiger partial charge in [0.15, 0.2) is 0 Å². The molecule has 0 spiro atoms. The van der Waals surface area contributed by atoms with Gasteiger partial charge in [-0.3, -0.25) is 0 Å². The van der Waals surface area contributed by atoms with Crippen LogP contribution in [0.5, 0.6) is 0 Å². The molecule has 1 N–H and O–H groups in total. The zero-order valence-electron chi connectivity index (χ0n) is 10.4. The van der Waals surface area contributed by atoms with Crippen molar-refractivity contribution < 1.29 is 8.78 Å². The molecule has 94 valence electrons. The minimum absolute atomic E-state index is 0.0353. The van der Waals surface area contributed by atoms with Gasteiger partial charge in [0.05, 0.1) is 0 Å². The highest BCUT2D eigenvalue weighted by Gasteiger charge is 2.25. The summed E-state index contributed by atoms with van der Waals surface area (Å²) in [6.07, 6.45) is 3.50. The fourth-order valence-electron chi connectivity index (χ4n) is 2.68. The van der Waals surface area contributed by atoms with Gasteiger partial charge in [-0.05, 0) is 49.9 Å². The van der Waals surface area contributed by atoms with Crippen LogP contribution in [0.1, 0.15) is 48.9 Å². The van der Waals surface area contributed by atoms with Gasteiger partial charge in [-0.25, -0.2) is 8.78 Å². The number of aryl methyl sites for hydroxylation is 1. The predicted molar refractivity (Wildman–Crippen MR) is 65.1 cm³/mol. The lowest BCUT2D eigenvalue weighted by molar-refractivity contribution is 0.474. The van der Waals surface area contributed by atoms with Crippen LogP contribution in [0.25, 0.3) is 0 Å². The molecule has 1 aliphatic rings. The van der Waals surface area contributed by atoms with E-state index in [4.69, 9.17) is 0 Å². The van der Waals surface area contributed by atoms with E-state index in [1.807, 2.05) is 6.92 Å². The second kappa shape index (κ2) is 5.13. The van der Waals surface area contributed by atoms with Crippen molar-refractivity contribution in [1.82, 2.24) is 5.32 Å². The van der Waals surface area contributed by atoms with Crippen molar-refractivity contribution in [3.05, 3.63) is 34.4 Å². The molecule has 2 rings (SSSR count). The zero-order valence-corrected chi connectivity index (χ0v) is 10.4. The highest BCUT2D eigenvalue weighted by molar-refractivity contribution is 5.38. The van der Waals surface area contributed by atoms with Crippen LogP contribution in [-0.2, 0) is 6.42 Å². The van der Waals surface area contributed by atoms with E-state index < -0.39 is 0 Å². The Kier molecular flexibility index (Phi) is 3.77. The van der Waals surface area contributed by atoms with Crippen LogP contribution >= 0.6 is 0 Å². The summed E-state index contributed by atoms with van der Waals surface area (Å²) in [5.74, 6) is -0.474. The van der Waals surface area contributed by atoms with E-state index >= 15 is 0 Å². The number of rotatable bonds is 2. The number of hydrogen-bond acceptors (Lipinski definition) is 1. The fourth-order valence-corrected chi connectivity index (χ4v) is 2.68. The van der Waals surface area contributed by atoms with E-state index in [-0.39, 0.29) is 17.7 Å². The first kappa shape index (κ1) is 12.5. The van der Waals surface area contributed by atoms with Crippen molar-refractivity contribution in [3.63, 3.8) is 0 Å². The number of halogens is 2. The van der Waals surface area contributed by atoms with Crippen molar-refractivity contribution in [2.45, 2.75) is 45.6 Å². The minimum Gasteiger partial charge on any atom is -0.310 e. The molecule has 0 radical (unpaired) electrons. The van der Waals surface area contributed by atoms with E-state index in [1.54, 1.807) is 6.92 Å². The highest BCUT2D eigenvalue weighted by Crippen LogP contribution is 2.33. The number of benzene rings is 1. The molecule has 1 aromatic carbocycles. The lowest BCUT2D eigenvalue weighted by Crippen LogP contribution is -2.23. The second-order valence-corrected chi connectivity index (χ2v) is 4.74. The molecule has 0 aromatic heterocycles. The van der Waals surface area contributed by atoms with Crippen LogP contribution in [0, 0.1) is 18.6 Å². The molecule has 1 aliphatic carbocycles. The second-order valence-electron chi connectivity index (χ2n) is 4.74. The Hall–Kier alpha value is -0.960. The van der Waals surface area contributed by atoms with Gasteiger partial charge in [-0.15, -0.1) is 0 Å². The van der Waals surface area contributed by atoms with Crippen molar-refractivity contribution in [3.8, 4) is 0 Å². The third kappa shape index (κ3) is 2.34. The summed E-state index contributed by atoms with van der Waals surface area (Å²) in [6.45, 7) is 4.40. The third-order valence-corrected chi connectivity index (χ3v) is 3.51. The van der Waals surface area contributed by atoms with Gasteiger partial charge in [-0.2, -0.15) is 0 Å². The first-order valence-corrected chi connectivity index (χ1v) is 6.36. The molecule has 0 saturated heterocycles. The minimum atomic E-state index is -0.247. The van der Waals surface area contributed by atoms with Crippen molar-refractivity contribution in [2.24, 2.45) is 0 Å². The van der Waals surface area contributed by atoms with Crippen molar-refractivity contribution in [1.29, 1.82) is 0 Å². The molecule has 17 heavy (non-hydrogen) atoms. The van der Waals surface area contributed by atoms with Gasteiger partial charge in [-0.1, -0.05) is 13.3 Å². The molecule has 1 nitrogen and oxygen atoms in total. The van der Waals surface area contributed by atoms with Crippen LogP contribution in [0.4, 0.5) is 8.78 Å². The largest absolute Gasteiger partial charge is 0.310 e. The Balaban J connectivity index is 2.54. The van der Waals surface area contributed by atoms with E-state index in [1.165, 1.54) is 6.07 Å². The molecule has 0 amide bonds. The predicted octanol–water partition coefficient (Wildman–Crippen LogP) is 3.65. The smallest absolute Gasteiger partial charge is 0.131 e. The van der Waals surface area contributed by atoms with Crippen LogP contribution in [0.3, 0.4) is 0 Å². The molecular weight excluding hydrogens is 220 g/mol. The maximum absolute atomic E-state index is 14.2. The Morgan fingerprint density at radius 2 is 2.12 bits per heavy atom. The summed E-state index contributed by atoms with van der Waals surface area (Å²) in [4.78, 5) is 0. The first-order valence-electron chi connectivity index (χ1n) is 6.36. The van der Waals surface area contributed by atoms with Crippen LogP contribution in [-0.4, -0.2) is 6.54 Å². The topological polar surface area (TPSA) is 12.0 Å². The molecule has 0 aliphatic heterocycles. The molecule has 3 heteroatoms. The Labute approximate surface area is 101 Å². The molecule has 1 atom stereocenters. The summed E-state index contributed by atoms with van der Waals surface area (Å²) >= 11 is 0. The molecule has 0 saturated carbocycles. The SMILES string of the molecule is CCNC1CCCCc2c(F)cc(C)c(F)c21. The van der Waals surface area contributed by atoms with Gasteiger partial charge >= 0.3 is 0 Å². The monoisotopic (exact) mass is 239 g/mol. The van der Waals surface area contributed by atoms with Gasteiger partial charge in [0.1, 0.15) is 11.6 Å². The standard InChI is InChI=1S/C14H19F2N/c1-3-17-12-7-5-4-6-10-11(15)8-9(2)14(16)13(10)12/h8,12,17H,3-7H2,1-2H3. The lowest BCUT2D eigenvalue weighted by Gasteiger charge is -2.20. The van der Waals surface area contributed by atoms with E-state index in [9.17, 15) is 8.78 Å². The highest BCUT2D eigenvalue weighted by atomic mass is 19.1. The van der Waals surface area contributed by atoms with Gasteiger partial charge < -0.3 is 5.32 Å². The van der Waals surface area contributed by atoms with E-state index in [0.717, 1.165) is 25.8 Å². The maximum Gasteiger partial charge on any atom is 0.131 e. The zero-order chi connectivity index (χ0) is 12.4. The molecule has 0 heterocycles. The summed E-state index contributed by atoms with van der Waals surface area (Å²) in [5.41, 5.74) is 1.56. The summed E-state index contributed by atoms with van der Waals surface area (Å²) < 4.78 is 28.1. The van der Waals surface area contributed by atoms with Crippen LogP contribution < -0.4 is 5.32 Å². The van der Waals surface area contributed by atoms with Gasteiger partial charge in [0.2, 0.25) is 0 Å². The average molecular weight is 239 g/mol. The van der Waals surface area contributed by atoms with Crippen molar-refractivity contribution >= 4 is 0 Å². The molecule has 1 aromatic rings. The van der Waals surface area contributed by atoms with Crippen LogP contribution in [0.15, 0.2) is 6.07 Å².